The van der Waals surface area contributed by atoms with Crippen molar-refractivity contribution < 1.29 is 9.90 Å². The van der Waals surface area contributed by atoms with Crippen LogP contribution in [0.1, 0.15) is 13.8 Å². The van der Waals surface area contributed by atoms with E-state index in [0.29, 0.717) is 12.0 Å². The maximum absolute atomic E-state index is 10.5. The molecule has 2 N–H and O–H groups in total. The summed E-state index contributed by atoms with van der Waals surface area (Å²) in [7, 11) is 0. The molecule has 1 rings (SSSR count). The van der Waals surface area contributed by atoms with E-state index in [1.54, 1.807) is 6.92 Å². The number of nitrogens with one attached hydrogen (secondary N) is 1. The van der Waals surface area contributed by atoms with Gasteiger partial charge in [0.2, 0.25) is 0 Å². The molecule has 0 amide bonds. The molecule has 4 heteroatoms. The Morgan fingerprint density at radius 1 is 1.67 bits per heavy atom. The van der Waals surface area contributed by atoms with Gasteiger partial charge >= 0.3 is 5.97 Å². The summed E-state index contributed by atoms with van der Waals surface area (Å²) >= 11 is 1.89. The first-order valence-electron chi connectivity index (χ1n) is 4.18. The van der Waals surface area contributed by atoms with E-state index in [-0.39, 0.29) is 0 Å². The minimum Gasteiger partial charge on any atom is -0.480 e. The van der Waals surface area contributed by atoms with Crippen LogP contribution in [0.2, 0.25) is 0 Å². The quantitative estimate of drug-likeness (QED) is 0.689. The number of aliphatic carboxylic acids is 1. The zero-order chi connectivity index (χ0) is 9.14. The number of carboxylic acid groups (broad SMARTS) is 1. The van der Waals surface area contributed by atoms with Crippen molar-refractivity contribution in [1.82, 2.24) is 5.32 Å². The number of hydrogen-bond acceptors (Lipinski definition) is 3. The summed E-state index contributed by atoms with van der Waals surface area (Å²) in [6.45, 7) is 3.85. The standard InChI is InChI=1S/C8H15NO2S/c1-5-3-12-4-7(5)9-6(2)8(10)11/h5-7,9H,3-4H2,1-2H3,(H,10,11)/t5?,6-,7?/m1/s1. The van der Waals surface area contributed by atoms with Crippen LogP contribution in [0.5, 0.6) is 0 Å². The van der Waals surface area contributed by atoms with Crippen LogP contribution < -0.4 is 5.32 Å². The Labute approximate surface area is 76.9 Å². The van der Waals surface area contributed by atoms with Crippen molar-refractivity contribution in [2.45, 2.75) is 25.9 Å². The molecule has 70 valence electrons. The molecule has 1 aliphatic heterocycles. The Morgan fingerprint density at radius 3 is 2.75 bits per heavy atom. The zero-order valence-electron chi connectivity index (χ0n) is 7.41. The second kappa shape index (κ2) is 4.14. The third kappa shape index (κ3) is 2.38. The van der Waals surface area contributed by atoms with E-state index < -0.39 is 12.0 Å². The fourth-order valence-corrected chi connectivity index (χ4v) is 2.68. The molecule has 12 heavy (non-hydrogen) atoms. The fraction of sp³-hybridized carbons (Fsp3) is 0.875. The number of rotatable bonds is 3. The maximum Gasteiger partial charge on any atom is 0.320 e. The first-order chi connectivity index (χ1) is 5.61. The monoisotopic (exact) mass is 189 g/mol. The zero-order valence-corrected chi connectivity index (χ0v) is 8.23. The Hall–Kier alpha value is -0.220. The van der Waals surface area contributed by atoms with Gasteiger partial charge in [0, 0.05) is 11.8 Å². The van der Waals surface area contributed by atoms with Gasteiger partial charge in [-0.05, 0) is 18.6 Å². The lowest BCUT2D eigenvalue weighted by Gasteiger charge is -2.19. The van der Waals surface area contributed by atoms with Crippen LogP contribution in [0, 0.1) is 5.92 Å². The van der Waals surface area contributed by atoms with Gasteiger partial charge in [-0.2, -0.15) is 11.8 Å². The van der Waals surface area contributed by atoms with Gasteiger partial charge in [-0.25, -0.2) is 0 Å². The molecule has 0 aromatic rings. The molecule has 1 saturated heterocycles. The highest BCUT2D eigenvalue weighted by atomic mass is 32.2. The largest absolute Gasteiger partial charge is 0.480 e. The second-order valence-corrected chi connectivity index (χ2v) is 4.42. The summed E-state index contributed by atoms with van der Waals surface area (Å²) in [6, 6.07) is -0.0442. The van der Waals surface area contributed by atoms with Crippen molar-refractivity contribution in [3.63, 3.8) is 0 Å². The summed E-state index contributed by atoms with van der Waals surface area (Å²) in [4.78, 5) is 10.5. The van der Waals surface area contributed by atoms with E-state index in [4.69, 9.17) is 5.11 Å². The van der Waals surface area contributed by atoms with Gasteiger partial charge in [0.05, 0.1) is 0 Å². The fourth-order valence-electron chi connectivity index (χ4n) is 1.27. The highest BCUT2D eigenvalue weighted by molar-refractivity contribution is 7.99. The SMILES string of the molecule is CC1CSCC1N[C@H](C)C(=O)O. The van der Waals surface area contributed by atoms with Crippen LogP contribution in [-0.4, -0.2) is 34.7 Å². The van der Waals surface area contributed by atoms with Crippen molar-refractivity contribution in [3.8, 4) is 0 Å². The van der Waals surface area contributed by atoms with E-state index in [0.717, 1.165) is 11.5 Å². The van der Waals surface area contributed by atoms with Gasteiger partial charge in [0.25, 0.3) is 0 Å². The van der Waals surface area contributed by atoms with Crippen molar-refractivity contribution >= 4 is 17.7 Å². The molecular formula is C8H15NO2S. The Morgan fingerprint density at radius 2 is 2.33 bits per heavy atom. The van der Waals surface area contributed by atoms with Crippen LogP contribution in [0.3, 0.4) is 0 Å². The van der Waals surface area contributed by atoms with Crippen LogP contribution in [0.4, 0.5) is 0 Å². The molecule has 0 bridgehead atoms. The average molecular weight is 189 g/mol. The summed E-state index contributed by atoms with van der Waals surface area (Å²) in [6.07, 6.45) is 0. The molecule has 0 aromatic heterocycles. The predicted octanol–water partition coefficient (Wildman–Crippen LogP) is 0.801. The first kappa shape index (κ1) is 9.86. The summed E-state index contributed by atoms with van der Waals surface area (Å²) in [5.41, 5.74) is 0. The van der Waals surface area contributed by atoms with Crippen LogP contribution >= 0.6 is 11.8 Å². The van der Waals surface area contributed by atoms with E-state index in [1.165, 1.54) is 0 Å². The van der Waals surface area contributed by atoms with Gasteiger partial charge in [-0.3, -0.25) is 4.79 Å². The van der Waals surface area contributed by atoms with Crippen molar-refractivity contribution in [2.75, 3.05) is 11.5 Å². The van der Waals surface area contributed by atoms with Crippen molar-refractivity contribution in [1.29, 1.82) is 0 Å². The molecule has 3 atom stereocenters. The highest BCUT2D eigenvalue weighted by Gasteiger charge is 2.26. The first-order valence-corrected chi connectivity index (χ1v) is 5.33. The smallest absolute Gasteiger partial charge is 0.320 e. The van der Waals surface area contributed by atoms with Crippen molar-refractivity contribution in [3.05, 3.63) is 0 Å². The lowest BCUT2D eigenvalue weighted by Crippen LogP contribution is -2.44. The lowest BCUT2D eigenvalue weighted by atomic mass is 10.1. The molecule has 0 spiro atoms. The van der Waals surface area contributed by atoms with E-state index in [9.17, 15) is 4.79 Å². The van der Waals surface area contributed by atoms with Gasteiger partial charge in [-0.1, -0.05) is 6.92 Å². The molecule has 0 aromatic carbocycles. The molecule has 1 aliphatic rings. The van der Waals surface area contributed by atoms with Crippen LogP contribution in [0.25, 0.3) is 0 Å². The third-order valence-electron chi connectivity index (χ3n) is 2.20. The normalized spacial score (nSPS) is 31.8. The van der Waals surface area contributed by atoms with Gasteiger partial charge < -0.3 is 10.4 Å². The number of carboxylic acids is 1. The van der Waals surface area contributed by atoms with Crippen molar-refractivity contribution in [2.24, 2.45) is 5.92 Å². The second-order valence-electron chi connectivity index (χ2n) is 3.35. The molecule has 2 unspecified atom stereocenters. The molecular weight excluding hydrogens is 174 g/mol. The number of thioether (sulfide) groups is 1. The average Bonchev–Trinajstić information content (AvgIpc) is 2.36. The Kier molecular flexibility index (Phi) is 3.40. The van der Waals surface area contributed by atoms with E-state index >= 15 is 0 Å². The van der Waals surface area contributed by atoms with Gasteiger partial charge in [-0.15, -0.1) is 0 Å². The predicted molar refractivity (Wildman–Crippen MR) is 50.5 cm³/mol. The Balaban J connectivity index is 2.35. The molecule has 0 radical (unpaired) electrons. The van der Waals surface area contributed by atoms with Gasteiger partial charge in [0.1, 0.15) is 6.04 Å². The Bertz CT molecular complexity index is 174. The molecule has 1 heterocycles. The molecule has 1 fully saturated rings. The summed E-state index contributed by atoms with van der Waals surface area (Å²) in [5.74, 6) is 2.01. The molecule has 3 nitrogen and oxygen atoms in total. The maximum atomic E-state index is 10.5. The number of carbonyl (C=O) groups is 1. The topological polar surface area (TPSA) is 49.3 Å². The van der Waals surface area contributed by atoms with Crippen LogP contribution in [-0.2, 0) is 4.79 Å². The van der Waals surface area contributed by atoms with Crippen LogP contribution in [0.15, 0.2) is 0 Å². The number of hydrogen-bond donors (Lipinski definition) is 2. The minimum absolute atomic E-state index is 0.376. The molecule has 0 saturated carbocycles. The van der Waals surface area contributed by atoms with E-state index in [2.05, 4.69) is 12.2 Å². The summed E-state index contributed by atoms with van der Waals surface area (Å²) in [5, 5.41) is 11.8. The third-order valence-corrected chi connectivity index (χ3v) is 3.56. The molecule has 0 aliphatic carbocycles. The van der Waals surface area contributed by atoms with Gasteiger partial charge in [0.15, 0.2) is 0 Å². The lowest BCUT2D eigenvalue weighted by molar-refractivity contribution is -0.139. The minimum atomic E-state index is -0.765. The van der Waals surface area contributed by atoms with E-state index in [1.807, 2.05) is 11.8 Å². The summed E-state index contributed by atoms with van der Waals surface area (Å²) < 4.78 is 0. The highest BCUT2D eigenvalue weighted by Crippen LogP contribution is 2.23.